The van der Waals surface area contributed by atoms with Crippen LogP contribution < -0.4 is 10.5 Å². The Morgan fingerprint density at radius 2 is 2.05 bits per heavy atom. The Morgan fingerprint density at radius 3 is 2.67 bits per heavy atom. The monoisotopic (exact) mass is 287 g/mol. The standard InChI is InChI=1S/C15H17N3O3/c1-9-8-14(10(2)7-13(9)18(19)20)21-15-12(11(3)16)5-4-6-17-15/h4-8,11H,16H2,1-3H3. The molecule has 6 heteroatoms. The summed E-state index contributed by atoms with van der Waals surface area (Å²) in [5, 5.41) is 10.9. The molecular formula is C15H17N3O3. The zero-order valence-corrected chi connectivity index (χ0v) is 12.2. The Balaban J connectivity index is 2.41. The average Bonchev–Trinajstić information content (AvgIpc) is 2.42. The summed E-state index contributed by atoms with van der Waals surface area (Å²) in [5.41, 5.74) is 7.97. The molecule has 0 radical (unpaired) electrons. The fourth-order valence-corrected chi connectivity index (χ4v) is 2.02. The van der Waals surface area contributed by atoms with Gasteiger partial charge in [-0.3, -0.25) is 10.1 Å². The van der Waals surface area contributed by atoms with Crippen molar-refractivity contribution in [3.63, 3.8) is 0 Å². The lowest BCUT2D eigenvalue weighted by Gasteiger charge is -2.14. The minimum Gasteiger partial charge on any atom is -0.438 e. The first kappa shape index (κ1) is 14.9. The first-order valence-electron chi connectivity index (χ1n) is 6.54. The van der Waals surface area contributed by atoms with E-state index in [1.54, 1.807) is 32.2 Å². The predicted molar refractivity (Wildman–Crippen MR) is 79.5 cm³/mol. The molecule has 1 atom stereocenters. The van der Waals surface area contributed by atoms with E-state index in [4.69, 9.17) is 10.5 Å². The third-order valence-corrected chi connectivity index (χ3v) is 3.19. The van der Waals surface area contributed by atoms with Crippen molar-refractivity contribution in [3.05, 3.63) is 57.3 Å². The quantitative estimate of drug-likeness (QED) is 0.687. The molecule has 0 spiro atoms. The average molecular weight is 287 g/mol. The molecule has 0 aliphatic rings. The van der Waals surface area contributed by atoms with E-state index in [0.717, 1.165) is 5.56 Å². The molecule has 1 unspecified atom stereocenters. The van der Waals surface area contributed by atoms with Gasteiger partial charge in [0, 0.05) is 29.4 Å². The van der Waals surface area contributed by atoms with Crippen LogP contribution in [0.15, 0.2) is 30.5 Å². The van der Waals surface area contributed by atoms with Crippen LogP contribution in [0.1, 0.15) is 29.7 Å². The summed E-state index contributed by atoms with van der Waals surface area (Å²) in [4.78, 5) is 14.7. The van der Waals surface area contributed by atoms with Crippen LogP contribution in [0, 0.1) is 24.0 Å². The normalized spacial score (nSPS) is 12.0. The van der Waals surface area contributed by atoms with Crippen LogP contribution in [0.4, 0.5) is 5.69 Å². The summed E-state index contributed by atoms with van der Waals surface area (Å²) < 4.78 is 5.80. The van der Waals surface area contributed by atoms with E-state index in [1.807, 2.05) is 13.0 Å². The number of aromatic nitrogens is 1. The summed E-state index contributed by atoms with van der Waals surface area (Å²) >= 11 is 0. The minimum absolute atomic E-state index is 0.0771. The molecule has 110 valence electrons. The van der Waals surface area contributed by atoms with Gasteiger partial charge < -0.3 is 10.5 Å². The number of nitro groups is 1. The molecule has 0 saturated carbocycles. The molecule has 2 N–H and O–H groups in total. The summed E-state index contributed by atoms with van der Waals surface area (Å²) in [6.07, 6.45) is 1.62. The first-order chi connectivity index (χ1) is 9.90. The van der Waals surface area contributed by atoms with E-state index in [0.29, 0.717) is 22.8 Å². The molecule has 0 aliphatic carbocycles. The Kier molecular flexibility index (Phi) is 4.18. The number of ether oxygens (including phenoxy) is 1. The van der Waals surface area contributed by atoms with Crippen molar-refractivity contribution in [2.75, 3.05) is 0 Å². The van der Waals surface area contributed by atoms with E-state index in [1.165, 1.54) is 6.07 Å². The highest BCUT2D eigenvalue weighted by Gasteiger charge is 2.16. The van der Waals surface area contributed by atoms with E-state index in [9.17, 15) is 10.1 Å². The largest absolute Gasteiger partial charge is 0.438 e. The van der Waals surface area contributed by atoms with Gasteiger partial charge in [0.1, 0.15) is 5.75 Å². The molecule has 0 fully saturated rings. The van der Waals surface area contributed by atoms with Crippen LogP contribution in [-0.4, -0.2) is 9.91 Å². The van der Waals surface area contributed by atoms with Gasteiger partial charge in [0.25, 0.3) is 5.69 Å². The maximum Gasteiger partial charge on any atom is 0.272 e. The molecule has 1 heterocycles. The first-order valence-corrected chi connectivity index (χ1v) is 6.54. The Bertz CT molecular complexity index is 684. The van der Waals surface area contributed by atoms with E-state index >= 15 is 0 Å². The number of nitrogens with two attached hydrogens (primary N) is 1. The number of benzene rings is 1. The van der Waals surface area contributed by atoms with Crippen LogP contribution in [0.5, 0.6) is 11.6 Å². The number of hydrogen-bond acceptors (Lipinski definition) is 5. The lowest BCUT2D eigenvalue weighted by molar-refractivity contribution is -0.385. The van der Waals surface area contributed by atoms with Crippen molar-refractivity contribution in [1.82, 2.24) is 4.98 Å². The van der Waals surface area contributed by atoms with Gasteiger partial charge in [0.05, 0.1) is 4.92 Å². The summed E-state index contributed by atoms with van der Waals surface area (Å²) in [6.45, 7) is 5.28. The third kappa shape index (κ3) is 3.17. The van der Waals surface area contributed by atoms with Crippen LogP contribution in [0.25, 0.3) is 0 Å². The number of aryl methyl sites for hydroxylation is 2. The van der Waals surface area contributed by atoms with Gasteiger partial charge in [-0.2, -0.15) is 0 Å². The maximum absolute atomic E-state index is 10.9. The van der Waals surface area contributed by atoms with Crippen molar-refractivity contribution in [1.29, 1.82) is 0 Å². The highest BCUT2D eigenvalue weighted by atomic mass is 16.6. The van der Waals surface area contributed by atoms with Crippen LogP contribution in [0.2, 0.25) is 0 Å². The lowest BCUT2D eigenvalue weighted by Crippen LogP contribution is -2.07. The van der Waals surface area contributed by atoms with Crippen LogP contribution in [-0.2, 0) is 0 Å². The second-order valence-corrected chi connectivity index (χ2v) is 4.95. The molecule has 2 aromatic rings. The van der Waals surface area contributed by atoms with Crippen LogP contribution in [0.3, 0.4) is 0 Å². The van der Waals surface area contributed by atoms with Crippen molar-refractivity contribution in [2.45, 2.75) is 26.8 Å². The van der Waals surface area contributed by atoms with E-state index in [2.05, 4.69) is 4.98 Å². The van der Waals surface area contributed by atoms with Gasteiger partial charge in [-0.25, -0.2) is 4.98 Å². The highest BCUT2D eigenvalue weighted by molar-refractivity contribution is 5.50. The molecule has 21 heavy (non-hydrogen) atoms. The van der Waals surface area contributed by atoms with Crippen molar-refractivity contribution < 1.29 is 9.66 Å². The SMILES string of the molecule is Cc1cc([N+](=O)[O-])c(C)cc1Oc1ncccc1C(C)N. The highest BCUT2D eigenvalue weighted by Crippen LogP contribution is 2.32. The molecule has 2 rings (SSSR count). The maximum atomic E-state index is 10.9. The van der Waals surface area contributed by atoms with E-state index in [-0.39, 0.29) is 11.7 Å². The summed E-state index contributed by atoms with van der Waals surface area (Å²) in [6, 6.07) is 6.57. The molecule has 1 aromatic heterocycles. The Morgan fingerprint density at radius 1 is 1.33 bits per heavy atom. The smallest absolute Gasteiger partial charge is 0.272 e. The molecule has 6 nitrogen and oxygen atoms in total. The summed E-state index contributed by atoms with van der Waals surface area (Å²) in [7, 11) is 0. The van der Waals surface area contributed by atoms with E-state index < -0.39 is 4.92 Å². The molecular weight excluding hydrogens is 270 g/mol. The minimum atomic E-state index is -0.403. The lowest BCUT2D eigenvalue weighted by atomic mass is 10.1. The molecule has 1 aromatic carbocycles. The fourth-order valence-electron chi connectivity index (χ4n) is 2.02. The van der Waals surface area contributed by atoms with Gasteiger partial charge in [-0.1, -0.05) is 6.07 Å². The topological polar surface area (TPSA) is 91.3 Å². The molecule has 0 saturated heterocycles. The van der Waals surface area contributed by atoms with Gasteiger partial charge in [0.15, 0.2) is 0 Å². The van der Waals surface area contributed by atoms with Gasteiger partial charge in [-0.05, 0) is 38.5 Å². The van der Waals surface area contributed by atoms with Crippen LogP contribution >= 0.6 is 0 Å². The van der Waals surface area contributed by atoms with Gasteiger partial charge in [-0.15, -0.1) is 0 Å². The number of nitro benzene ring substituents is 1. The fraction of sp³-hybridized carbons (Fsp3) is 0.267. The number of rotatable bonds is 4. The summed E-state index contributed by atoms with van der Waals surface area (Å²) in [5.74, 6) is 0.961. The molecule has 0 aliphatic heterocycles. The Hall–Kier alpha value is -2.47. The van der Waals surface area contributed by atoms with Crippen molar-refractivity contribution in [3.8, 4) is 11.6 Å². The molecule has 0 bridgehead atoms. The number of nitrogens with zero attached hydrogens (tertiary/aromatic N) is 2. The number of pyridine rings is 1. The zero-order valence-electron chi connectivity index (χ0n) is 12.2. The number of hydrogen-bond donors (Lipinski definition) is 1. The second kappa shape index (κ2) is 5.88. The van der Waals surface area contributed by atoms with Gasteiger partial charge >= 0.3 is 0 Å². The predicted octanol–water partition coefficient (Wildman–Crippen LogP) is 3.42. The van der Waals surface area contributed by atoms with Crippen molar-refractivity contribution >= 4 is 5.69 Å². The second-order valence-electron chi connectivity index (χ2n) is 4.95. The Labute approximate surface area is 122 Å². The third-order valence-electron chi connectivity index (χ3n) is 3.19. The van der Waals surface area contributed by atoms with Gasteiger partial charge in [0.2, 0.25) is 5.88 Å². The molecule has 0 amide bonds. The van der Waals surface area contributed by atoms with Crippen molar-refractivity contribution in [2.24, 2.45) is 5.73 Å². The zero-order chi connectivity index (χ0) is 15.6.